The first kappa shape index (κ1) is 23.4. The molecule has 32 heavy (non-hydrogen) atoms. The third kappa shape index (κ3) is 5.32. The van der Waals surface area contributed by atoms with Crippen LogP contribution < -0.4 is 19.2 Å². The van der Waals surface area contributed by atoms with Gasteiger partial charge in [-0.15, -0.1) is 0 Å². The van der Waals surface area contributed by atoms with E-state index in [1.165, 1.54) is 36.4 Å². The van der Waals surface area contributed by atoms with Crippen molar-refractivity contribution in [2.24, 2.45) is 0 Å². The second kappa shape index (κ2) is 9.09. The minimum atomic E-state index is -3.92. The molecule has 0 spiro atoms. The van der Waals surface area contributed by atoms with E-state index in [-0.39, 0.29) is 21.2 Å². The van der Waals surface area contributed by atoms with E-state index in [0.717, 1.165) is 11.4 Å². The second-order valence-corrected chi connectivity index (χ2v) is 10.9. The second-order valence-electron chi connectivity index (χ2n) is 7.53. The van der Waals surface area contributed by atoms with Crippen molar-refractivity contribution in [2.45, 2.75) is 9.79 Å². The molecular formula is C22H26N4O4S2. The molecule has 2 N–H and O–H groups in total. The van der Waals surface area contributed by atoms with E-state index >= 15 is 0 Å². The molecule has 0 aliphatic heterocycles. The van der Waals surface area contributed by atoms with E-state index < -0.39 is 20.0 Å². The smallest absolute Gasteiger partial charge is 0.261 e. The number of para-hydroxylation sites is 2. The molecule has 0 heterocycles. The van der Waals surface area contributed by atoms with Crippen molar-refractivity contribution in [3.8, 4) is 0 Å². The normalized spacial score (nSPS) is 11.6. The highest BCUT2D eigenvalue weighted by molar-refractivity contribution is 7.93. The maximum atomic E-state index is 12.9. The third-order valence-electron chi connectivity index (χ3n) is 4.74. The van der Waals surface area contributed by atoms with Gasteiger partial charge in [0.15, 0.2) is 0 Å². The molecule has 0 unspecified atom stereocenters. The minimum absolute atomic E-state index is 0.0695. The summed E-state index contributed by atoms with van der Waals surface area (Å²) in [6, 6.07) is 19.0. The van der Waals surface area contributed by atoms with Gasteiger partial charge in [0.2, 0.25) is 0 Å². The zero-order valence-corrected chi connectivity index (χ0v) is 19.9. The van der Waals surface area contributed by atoms with Gasteiger partial charge in [-0.3, -0.25) is 9.44 Å². The number of nitrogens with one attached hydrogen (secondary N) is 2. The summed E-state index contributed by atoms with van der Waals surface area (Å²) in [7, 11) is -0.408. The topological polar surface area (TPSA) is 98.8 Å². The summed E-state index contributed by atoms with van der Waals surface area (Å²) in [5.41, 5.74) is 1.96. The van der Waals surface area contributed by atoms with Crippen LogP contribution in [-0.2, 0) is 20.0 Å². The van der Waals surface area contributed by atoms with Crippen molar-refractivity contribution in [3.05, 3.63) is 72.8 Å². The SMILES string of the molecule is CN(C)c1ccc(S(=O)(=O)Nc2ccccc2NS(=O)(=O)c2ccc(N(C)C)cc2)cc1. The highest BCUT2D eigenvalue weighted by Gasteiger charge is 2.20. The molecule has 3 rings (SSSR count). The van der Waals surface area contributed by atoms with Crippen LogP contribution in [0.15, 0.2) is 82.6 Å². The maximum absolute atomic E-state index is 12.9. The third-order valence-corrected chi connectivity index (χ3v) is 7.51. The minimum Gasteiger partial charge on any atom is -0.378 e. The number of nitrogens with zero attached hydrogens (tertiary/aromatic N) is 2. The first-order chi connectivity index (χ1) is 15.0. The molecule has 0 aliphatic carbocycles. The monoisotopic (exact) mass is 474 g/mol. The average molecular weight is 475 g/mol. The largest absolute Gasteiger partial charge is 0.378 e. The molecule has 170 valence electrons. The Morgan fingerprint density at radius 2 is 0.844 bits per heavy atom. The van der Waals surface area contributed by atoms with E-state index in [1.807, 2.05) is 38.0 Å². The van der Waals surface area contributed by atoms with Gasteiger partial charge in [0.25, 0.3) is 20.0 Å². The molecule has 3 aromatic rings. The van der Waals surface area contributed by atoms with Crippen LogP contribution in [0.25, 0.3) is 0 Å². The molecule has 0 saturated carbocycles. The van der Waals surface area contributed by atoms with E-state index in [2.05, 4.69) is 9.44 Å². The quantitative estimate of drug-likeness (QED) is 0.519. The summed E-state index contributed by atoms with van der Waals surface area (Å²) in [5.74, 6) is 0. The lowest BCUT2D eigenvalue weighted by molar-refractivity contribution is 0.599. The van der Waals surface area contributed by atoms with E-state index in [9.17, 15) is 16.8 Å². The summed E-state index contributed by atoms with van der Waals surface area (Å²) >= 11 is 0. The standard InChI is InChI=1S/C22H26N4O4S2/c1-25(2)17-9-13-19(14-10-17)31(27,28)23-21-7-5-6-8-22(21)24-32(29,30)20-15-11-18(12-16-20)26(3)4/h5-16,23-24H,1-4H3. The van der Waals surface area contributed by atoms with Gasteiger partial charge in [0.05, 0.1) is 21.2 Å². The van der Waals surface area contributed by atoms with Gasteiger partial charge in [-0.2, -0.15) is 0 Å². The summed E-state index contributed by atoms with van der Waals surface area (Å²) in [5, 5.41) is 0. The van der Waals surface area contributed by atoms with Crippen LogP contribution in [0.4, 0.5) is 22.7 Å². The predicted molar refractivity (Wildman–Crippen MR) is 130 cm³/mol. The summed E-state index contributed by atoms with van der Waals surface area (Å²) < 4.78 is 56.4. The first-order valence-electron chi connectivity index (χ1n) is 9.69. The Balaban J connectivity index is 1.87. The molecule has 0 aliphatic rings. The van der Waals surface area contributed by atoms with Crippen LogP contribution in [0.5, 0.6) is 0 Å². The lowest BCUT2D eigenvalue weighted by atomic mass is 10.3. The van der Waals surface area contributed by atoms with Gasteiger partial charge in [0.1, 0.15) is 0 Å². The molecule has 0 saturated heterocycles. The van der Waals surface area contributed by atoms with Gasteiger partial charge in [-0.05, 0) is 60.7 Å². The van der Waals surface area contributed by atoms with Gasteiger partial charge in [0, 0.05) is 39.6 Å². The van der Waals surface area contributed by atoms with Crippen LogP contribution in [0.3, 0.4) is 0 Å². The van der Waals surface area contributed by atoms with Crippen molar-refractivity contribution in [1.29, 1.82) is 0 Å². The Hall–Kier alpha value is -3.24. The van der Waals surface area contributed by atoms with Crippen LogP contribution >= 0.6 is 0 Å². The molecule has 0 aromatic heterocycles. The number of sulfonamides is 2. The summed E-state index contributed by atoms with van der Waals surface area (Å²) in [6.45, 7) is 0. The molecule has 0 atom stereocenters. The van der Waals surface area contributed by atoms with Gasteiger partial charge in [-0.1, -0.05) is 12.1 Å². The highest BCUT2D eigenvalue weighted by Crippen LogP contribution is 2.28. The van der Waals surface area contributed by atoms with Crippen LogP contribution in [-0.4, -0.2) is 45.0 Å². The molecule has 8 nitrogen and oxygen atoms in total. The fraction of sp³-hybridized carbons (Fsp3) is 0.182. The Kier molecular flexibility index (Phi) is 6.65. The molecule has 10 heteroatoms. The number of rotatable bonds is 8. The molecular weight excluding hydrogens is 448 g/mol. The fourth-order valence-corrected chi connectivity index (χ4v) is 5.07. The molecule has 0 fully saturated rings. The van der Waals surface area contributed by atoms with Crippen molar-refractivity contribution in [2.75, 3.05) is 47.4 Å². The predicted octanol–water partition coefficient (Wildman–Crippen LogP) is 3.42. The highest BCUT2D eigenvalue weighted by atomic mass is 32.2. The Bertz CT molecular complexity index is 1180. The Morgan fingerprint density at radius 1 is 0.531 bits per heavy atom. The number of hydrogen-bond acceptors (Lipinski definition) is 6. The van der Waals surface area contributed by atoms with Gasteiger partial charge >= 0.3 is 0 Å². The molecule has 3 aromatic carbocycles. The Labute approximate surface area is 189 Å². The van der Waals surface area contributed by atoms with E-state index in [1.54, 1.807) is 36.4 Å². The van der Waals surface area contributed by atoms with Crippen molar-refractivity contribution in [3.63, 3.8) is 0 Å². The molecule has 0 radical (unpaired) electrons. The number of benzene rings is 3. The lowest BCUT2D eigenvalue weighted by Crippen LogP contribution is -2.18. The van der Waals surface area contributed by atoms with Gasteiger partial charge in [-0.25, -0.2) is 16.8 Å². The summed E-state index contributed by atoms with van der Waals surface area (Å²) in [4.78, 5) is 3.86. The maximum Gasteiger partial charge on any atom is 0.261 e. The van der Waals surface area contributed by atoms with Crippen molar-refractivity contribution < 1.29 is 16.8 Å². The molecule has 0 bridgehead atoms. The summed E-state index contributed by atoms with van der Waals surface area (Å²) in [6.07, 6.45) is 0. The lowest BCUT2D eigenvalue weighted by Gasteiger charge is -2.16. The number of hydrogen-bond donors (Lipinski definition) is 2. The fourth-order valence-electron chi connectivity index (χ4n) is 2.92. The Morgan fingerprint density at radius 3 is 1.12 bits per heavy atom. The van der Waals surface area contributed by atoms with E-state index in [4.69, 9.17) is 0 Å². The van der Waals surface area contributed by atoms with Crippen LogP contribution in [0, 0.1) is 0 Å². The van der Waals surface area contributed by atoms with Gasteiger partial charge < -0.3 is 9.80 Å². The number of anilines is 4. The zero-order chi connectivity index (χ0) is 23.5. The molecule has 0 amide bonds. The van der Waals surface area contributed by atoms with Crippen molar-refractivity contribution >= 4 is 42.8 Å². The zero-order valence-electron chi connectivity index (χ0n) is 18.3. The van der Waals surface area contributed by atoms with E-state index in [0.29, 0.717) is 0 Å². The van der Waals surface area contributed by atoms with Crippen LogP contribution in [0.2, 0.25) is 0 Å². The van der Waals surface area contributed by atoms with Crippen molar-refractivity contribution in [1.82, 2.24) is 0 Å². The average Bonchev–Trinajstić information content (AvgIpc) is 2.75. The first-order valence-corrected chi connectivity index (χ1v) is 12.7. The van der Waals surface area contributed by atoms with Crippen LogP contribution in [0.1, 0.15) is 0 Å².